The molecule has 0 aliphatic rings. The van der Waals surface area contributed by atoms with Crippen molar-refractivity contribution >= 4 is 46.9 Å². The number of nitrogens with one attached hydrogen (secondary N) is 3. The Hall–Kier alpha value is -5.02. The molecule has 0 aliphatic heterocycles. The van der Waals surface area contributed by atoms with Crippen LogP contribution >= 0.6 is 11.8 Å². The van der Waals surface area contributed by atoms with E-state index in [2.05, 4.69) is 29.8 Å². The van der Waals surface area contributed by atoms with Gasteiger partial charge in [0, 0.05) is 27.4 Å². The highest BCUT2D eigenvalue weighted by atomic mass is 32.2. The second kappa shape index (κ2) is 15.6. The number of carbonyl (C=O) groups is 3. The molecule has 9 heteroatoms. The lowest BCUT2D eigenvalue weighted by molar-refractivity contribution is -0.115. The predicted molar refractivity (Wildman–Crippen MR) is 181 cm³/mol. The van der Waals surface area contributed by atoms with E-state index >= 15 is 0 Å². The summed E-state index contributed by atoms with van der Waals surface area (Å²) in [6, 6.07) is 28.9. The van der Waals surface area contributed by atoms with Crippen LogP contribution in [0.15, 0.2) is 108 Å². The van der Waals surface area contributed by atoms with Crippen molar-refractivity contribution in [1.29, 1.82) is 0 Å². The average molecular weight is 624 g/mol. The van der Waals surface area contributed by atoms with Crippen molar-refractivity contribution in [3.05, 3.63) is 119 Å². The van der Waals surface area contributed by atoms with Crippen LogP contribution in [-0.4, -0.2) is 37.2 Å². The van der Waals surface area contributed by atoms with Gasteiger partial charge in [-0.1, -0.05) is 62.4 Å². The fourth-order valence-corrected chi connectivity index (χ4v) is 5.35. The highest BCUT2D eigenvalue weighted by Gasteiger charge is 2.19. The first-order valence-electron chi connectivity index (χ1n) is 14.5. The topological polar surface area (TPSA) is 106 Å². The maximum Gasteiger partial charge on any atom is 0.272 e. The van der Waals surface area contributed by atoms with Crippen LogP contribution in [0.2, 0.25) is 0 Å². The summed E-state index contributed by atoms with van der Waals surface area (Å²) < 4.78 is 10.9. The molecule has 3 N–H and O–H groups in total. The molecule has 0 aliphatic carbocycles. The molecule has 4 aromatic rings. The summed E-state index contributed by atoms with van der Waals surface area (Å²) in [7, 11) is 3.03. The second-order valence-corrected chi connectivity index (χ2v) is 11.9. The zero-order valence-electron chi connectivity index (χ0n) is 25.9. The minimum atomic E-state index is -0.540. The van der Waals surface area contributed by atoms with Crippen molar-refractivity contribution in [2.45, 2.75) is 36.8 Å². The molecular formula is C36H37N3O5S. The van der Waals surface area contributed by atoms with Gasteiger partial charge in [-0.2, -0.15) is 0 Å². The highest BCUT2D eigenvalue weighted by Crippen LogP contribution is 2.32. The highest BCUT2D eigenvalue weighted by molar-refractivity contribution is 8.00. The third-order valence-corrected chi connectivity index (χ3v) is 7.97. The fraction of sp³-hybridized carbons (Fsp3) is 0.194. The maximum atomic E-state index is 13.6. The number of hydrogen-bond acceptors (Lipinski definition) is 6. The van der Waals surface area contributed by atoms with Crippen molar-refractivity contribution < 1.29 is 23.9 Å². The summed E-state index contributed by atoms with van der Waals surface area (Å²) in [5.41, 5.74) is 3.38. The molecular weight excluding hydrogens is 586 g/mol. The van der Waals surface area contributed by atoms with E-state index in [0.29, 0.717) is 34.2 Å². The van der Waals surface area contributed by atoms with Crippen molar-refractivity contribution in [3.8, 4) is 11.5 Å². The predicted octanol–water partition coefficient (Wildman–Crippen LogP) is 7.36. The van der Waals surface area contributed by atoms with Gasteiger partial charge in [0.1, 0.15) is 5.70 Å². The molecule has 0 saturated carbocycles. The Kier molecular flexibility index (Phi) is 11.4. The van der Waals surface area contributed by atoms with Crippen LogP contribution in [0, 0.1) is 0 Å². The summed E-state index contributed by atoms with van der Waals surface area (Å²) >= 11 is 1.37. The second-order valence-electron chi connectivity index (χ2n) is 10.5. The molecule has 4 aromatic carbocycles. The number of carbonyl (C=O) groups excluding carboxylic acids is 3. The first-order chi connectivity index (χ1) is 21.7. The molecule has 1 atom stereocenters. The van der Waals surface area contributed by atoms with Gasteiger partial charge in [-0.05, 0) is 73.0 Å². The molecule has 8 nitrogen and oxygen atoms in total. The van der Waals surface area contributed by atoms with Crippen LogP contribution in [0.4, 0.5) is 11.4 Å². The maximum absolute atomic E-state index is 13.6. The first kappa shape index (κ1) is 32.9. The molecule has 0 heterocycles. The lowest BCUT2D eigenvalue weighted by Gasteiger charge is -2.15. The Morgan fingerprint density at radius 2 is 1.47 bits per heavy atom. The smallest absolute Gasteiger partial charge is 0.272 e. The van der Waals surface area contributed by atoms with Gasteiger partial charge in [0.05, 0.1) is 19.5 Å². The summed E-state index contributed by atoms with van der Waals surface area (Å²) in [5.74, 6) is 0.196. The lowest BCUT2D eigenvalue weighted by atomic mass is 10.0. The molecule has 0 spiro atoms. The molecule has 0 saturated heterocycles. The standard InChI is InChI=1S/C36H37N3O5S/c1-23(2)25-17-19-28(20-18-25)37-34(40)24(3)45-30-15-10-14-29(22-30)38-36(42)31(39-35(41)26-11-7-6-8-12-26)21-27-13-9-16-32(43-4)33(27)44-5/h6-24H,1-5H3,(H,37,40)(H,38,42)(H,39,41)/b31-21+. The van der Waals surface area contributed by atoms with Gasteiger partial charge in [0.15, 0.2) is 11.5 Å². The fourth-order valence-electron chi connectivity index (χ4n) is 4.42. The number of para-hydroxylation sites is 1. The number of methoxy groups -OCH3 is 2. The van der Waals surface area contributed by atoms with Crippen molar-refractivity contribution in [1.82, 2.24) is 5.32 Å². The van der Waals surface area contributed by atoms with E-state index in [-0.39, 0.29) is 11.6 Å². The largest absolute Gasteiger partial charge is 0.493 e. The van der Waals surface area contributed by atoms with E-state index in [1.54, 1.807) is 66.7 Å². The number of benzene rings is 4. The molecule has 3 amide bonds. The van der Waals surface area contributed by atoms with Crippen LogP contribution in [0.1, 0.15) is 48.2 Å². The number of thioether (sulfide) groups is 1. The summed E-state index contributed by atoms with van der Waals surface area (Å²) in [6.07, 6.45) is 1.54. The van der Waals surface area contributed by atoms with Crippen LogP contribution in [-0.2, 0) is 9.59 Å². The van der Waals surface area contributed by atoms with Crippen LogP contribution < -0.4 is 25.4 Å². The van der Waals surface area contributed by atoms with Gasteiger partial charge >= 0.3 is 0 Å². The third-order valence-electron chi connectivity index (χ3n) is 6.88. The van der Waals surface area contributed by atoms with Crippen LogP contribution in [0.3, 0.4) is 0 Å². The van der Waals surface area contributed by atoms with E-state index in [1.807, 2.05) is 37.3 Å². The van der Waals surface area contributed by atoms with Gasteiger partial charge in [-0.15, -0.1) is 11.8 Å². The van der Waals surface area contributed by atoms with Gasteiger partial charge in [-0.25, -0.2) is 0 Å². The summed E-state index contributed by atoms with van der Waals surface area (Å²) in [6.45, 7) is 6.08. The SMILES string of the molecule is COc1cccc(/C=C(/NC(=O)c2ccccc2)C(=O)Nc2cccc(SC(C)C(=O)Nc3ccc(C(C)C)cc3)c2)c1OC. The summed E-state index contributed by atoms with van der Waals surface area (Å²) in [4.78, 5) is 40.4. The van der Waals surface area contributed by atoms with E-state index < -0.39 is 17.1 Å². The van der Waals surface area contributed by atoms with Gasteiger partial charge in [-0.3, -0.25) is 14.4 Å². The molecule has 0 bridgehead atoms. The van der Waals surface area contributed by atoms with Crippen molar-refractivity contribution in [2.75, 3.05) is 24.9 Å². The average Bonchev–Trinajstić information content (AvgIpc) is 3.04. The number of hydrogen-bond donors (Lipinski definition) is 3. The monoisotopic (exact) mass is 623 g/mol. The lowest BCUT2D eigenvalue weighted by Crippen LogP contribution is -2.30. The molecule has 4 rings (SSSR count). The van der Waals surface area contributed by atoms with E-state index in [0.717, 1.165) is 10.6 Å². The van der Waals surface area contributed by atoms with E-state index in [1.165, 1.54) is 37.6 Å². The summed E-state index contributed by atoms with van der Waals surface area (Å²) in [5, 5.41) is 8.18. The minimum Gasteiger partial charge on any atom is -0.493 e. The number of ether oxygens (including phenoxy) is 2. The first-order valence-corrected chi connectivity index (χ1v) is 15.3. The van der Waals surface area contributed by atoms with E-state index in [4.69, 9.17) is 9.47 Å². The number of anilines is 2. The third kappa shape index (κ3) is 9.00. The van der Waals surface area contributed by atoms with Gasteiger partial charge < -0.3 is 25.4 Å². The molecule has 45 heavy (non-hydrogen) atoms. The molecule has 232 valence electrons. The normalized spacial score (nSPS) is 11.8. The van der Waals surface area contributed by atoms with Crippen LogP contribution in [0.5, 0.6) is 11.5 Å². The molecule has 0 aromatic heterocycles. The number of rotatable bonds is 12. The van der Waals surface area contributed by atoms with E-state index in [9.17, 15) is 14.4 Å². The Bertz CT molecular complexity index is 1670. The quantitative estimate of drug-likeness (QED) is 0.113. The van der Waals surface area contributed by atoms with Gasteiger partial charge in [0.25, 0.3) is 11.8 Å². The Morgan fingerprint density at radius 1 is 0.756 bits per heavy atom. The van der Waals surface area contributed by atoms with Crippen molar-refractivity contribution in [2.24, 2.45) is 0 Å². The van der Waals surface area contributed by atoms with Crippen molar-refractivity contribution in [3.63, 3.8) is 0 Å². The minimum absolute atomic E-state index is 0.00435. The van der Waals surface area contributed by atoms with Gasteiger partial charge in [0.2, 0.25) is 5.91 Å². The zero-order valence-corrected chi connectivity index (χ0v) is 26.7. The van der Waals surface area contributed by atoms with Crippen LogP contribution in [0.25, 0.3) is 6.08 Å². The molecule has 1 unspecified atom stereocenters. The Morgan fingerprint density at radius 3 is 2.13 bits per heavy atom. The molecule has 0 radical (unpaired) electrons. The Labute approximate surface area is 268 Å². The Balaban J connectivity index is 1.51. The number of amides is 3. The molecule has 0 fully saturated rings. The zero-order chi connectivity index (χ0) is 32.3.